The monoisotopic (exact) mass is 401 g/mol. The van der Waals surface area contributed by atoms with Gasteiger partial charge in [-0.3, -0.25) is 14.9 Å². The minimum atomic E-state index is -0.319. The standard InChI is InChI=1S/C19H16ClN3O3S/c1-11-16(18(25)22-14-4-3-5-15(10-14)26-2)27-19(21-11)23-17(24)12-6-8-13(20)9-7-12/h3-10H,1-2H3,(H,22,25)(H,21,23,24). The van der Waals surface area contributed by atoms with Crippen LogP contribution in [0.25, 0.3) is 0 Å². The van der Waals surface area contributed by atoms with Crippen LogP contribution in [0.5, 0.6) is 5.75 Å². The number of rotatable bonds is 5. The molecule has 2 N–H and O–H groups in total. The Morgan fingerprint density at radius 3 is 2.52 bits per heavy atom. The summed E-state index contributed by atoms with van der Waals surface area (Å²) in [4.78, 5) is 29.5. The highest BCUT2D eigenvalue weighted by atomic mass is 35.5. The number of hydrogen-bond acceptors (Lipinski definition) is 5. The van der Waals surface area contributed by atoms with Crippen LogP contribution in [-0.4, -0.2) is 23.9 Å². The lowest BCUT2D eigenvalue weighted by Crippen LogP contribution is -2.11. The molecule has 1 heterocycles. The first kappa shape index (κ1) is 18.9. The van der Waals surface area contributed by atoms with Gasteiger partial charge in [-0.05, 0) is 43.3 Å². The number of halogens is 1. The van der Waals surface area contributed by atoms with Crippen molar-refractivity contribution < 1.29 is 14.3 Å². The molecule has 0 saturated heterocycles. The molecule has 2 amide bonds. The molecule has 0 bridgehead atoms. The molecule has 6 nitrogen and oxygen atoms in total. The number of benzene rings is 2. The Morgan fingerprint density at radius 1 is 1.07 bits per heavy atom. The number of amides is 2. The molecule has 3 aromatic rings. The van der Waals surface area contributed by atoms with Crippen molar-refractivity contribution in [2.75, 3.05) is 17.7 Å². The van der Waals surface area contributed by atoms with Gasteiger partial charge in [-0.2, -0.15) is 0 Å². The maximum atomic E-state index is 12.5. The SMILES string of the molecule is COc1cccc(NC(=O)c2sc(NC(=O)c3ccc(Cl)cc3)nc2C)c1. The molecule has 8 heteroatoms. The fourth-order valence-corrected chi connectivity index (χ4v) is 3.30. The fraction of sp³-hybridized carbons (Fsp3) is 0.105. The molecule has 0 aliphatic heterocycles. The van der Waals surface area contributed by atoms with Crippen LogP contribution in [0.1, 0.15) is 25.7 Å². The molecule has 0 aliphatic rings. The van der Waals surface area contributed by atoms with Gasteiger partial charge < -0.3 is 10.1 Å². The molecule has 0 aliphatic carbocycles. The molecular weight excluding hydrogens is 386 g/mol. The first-order chi connectivity index (χ1) is 13.0. The Morgan fingerprint density at radius 2 is 1.81 bits per heavy atom. The first-order valence-electron chi connectivity index (χ1n) is 7.96. The van der Waals surface area contributed by atoms with Gasteiger partial charge in [0.25, 0.3) is 11.8 Å². The zero-order valence-electron chi connectivity index (χ0n) is 14.6. The highest BCUT2D eigenvalue weighted by molar-refractivity contribution is 7.17. The van der Waals surface area contributed by atoms with Crippen LogP contribution >= 0.6 is 22.9 Å². The van der Waals surface area contributed by atoms with E-state index in [1.54, 1.807) is 62.6 Å². The molecule has 0 saturated carbocycles. The molecule has 3 rings (SSSR count). The Hall–Kier alpha value is -2.90. The van der Waals surface area contributed by atoms with Crippen molar-refractivity contribution in [3.8, 4) is 5.75 Å². The average molecular weight is 402 g/mol. The normalized spacial score (nSPS) is 10.3. The Bertz CT molecular complexity index is 986. The molecule has 0 unspecified atom stereocenters. The first-order valence-corrected chi connectivity index (χ1v) is 9.15. The van der Waals surface area contributed by atoms with E-state index in [9.17, 15) is 9.59 Å². The average Bonchev–Trinajstić information content (AvgIpc) is 3.02. The number of aromatic nitrogens is 1. The van der Waals surface area contributed by atoms with E-state index in [0.717, 1.165) is 11.3 Å². The van der Waals surface area contributed by atoms with Gasteiger partial charge in [-0.25, -0.2) is 4.98 Å². The van der Waals surface area contributed by atoms with Gasteiger partial charge >= 0.3 is 0 Å². The molecule has 0 radical (unpaired) electrons. The Labute approximate surface area is 165 Å². The van der Waals surface area contributed by atoms with E-state index in [0.29, 0.717) is 37.7 Å². The third-order valence-electron chi connectivity index (χ3n) is 3.66. The van der Waals surface area contributed by atoms with Crippen molar-refractivity contribution in [3.63, 3.8) is 0 Å². The van der Waals surface area contributed by atoms with Crippen molar-refractivity contribution in [2.24, 2.45) is 0 Å². The summed E-state index contributed by atoms with van der Waals surface area (Å²) in [5, 5.41) is 6.40. The second kappa shape index (κ2) is 8.20. The lowest BCUT2D eigenvalue weighted by Gasteiger charge is -2.06. The van der Waals surface area contributed by atoms with Crippen LogP contribution in [0.4, 0.5) is 10.8 Å². The second-order valence-corrected chi connectivity index (χ2v) is 7.02. The molecule has 0 fully saturated rings. The number of thiazole rings is 1. The summed E-state index contributed by atoms with van der Waals surface area (Å²) in [6.45, 7) is 1.72. The van der Waals surface area contributed by atoms with Crippen LogP contribution in [0, 0.1) is 6.92 Å². The zero-order chi connectivity index (χ0) is 19.4. The number of ether oxygens (including phenoxy) is 1. The predicted octanol–water partition coefficient (Wildman–Crippen LogP) is 4.62. The zero-order valence-corrected chi connectivity index (χ0v) is 16.1. The van der Waals surface area contributed by atoms with Gasteiger partial charge in [-0.1, -0.05) is 29.0 Å². The van der Waals surface area contributed by atoms with Crippen LogP contribution < -0.4 is 15.4 Å². The summed E-state index contributed by atoms with van der Waals surface area (Å²) in [5.41, 5.74) is 1.60. The predicted molar refractivity (Wildman–Crippen MR) is 107 cm³/mol. The van der Waals surface area contributed by atoms with Gasteiger partial charge in [-0.15, -0.1) is 0 Å². The molecule has 0 atom stereocenters. The number of aryl methyl sites for hydroxylation is 1. The number of nitrogens with zero attached hydrogens (tertiary/aromatic N) is 1. The van der Waals surface area contributed by atoms with Crippen molar-refractivity contribution in [1.29, 1.82) is 0 Å². The molecule has 1 aromatic heterocycles. The van der Waals surface area contributed by atoms with Crippen molar-refractivity contribution >= 4 is 45.6 Å². The topological polar surface area (TPSA) is 80.3 Å². The van der Waals surface area contributed by atoms with Crippen LogP contribution in [0.2, 0.25) is 5.02 Å². The van der Waals surface area contributed by atoms with E-state index in [1.165, 1.54) is 0 Å². The maximum absolute atomic E-state index is 12.5. The number of nitrogens with one attached hydrogen (secondary N) is 2. The summed E-state index contributed by atoms with van der Waals surface area (Å²) >= 11 is 6.94. The second-order valence-electron chi connectivity index (χ2n) is 5.58. The minimum absolute atomic E-state index is 0.301. The minimum Gasteiger partial charge on any atom is -0.497 e. The molecule has 27 heavy (non-hydrogen) atoms. The number of methoxy groups -OCH3 is 1. The summed E-state index contributed by atoms with van der Waals surface area (Å²) in [5.74, 6) is 0.0233. The van der Waals surface area contributed by atoms with Crippen molar-refractivity contribution in [2.45, 2.75) is 6.92 Å². The summed E-state index contributed by atoms with van der Waals surface area (Å²) in [7, 11) is 1.56. The van der Waals surface area contributed by atoms with E-state index in [4.69, 9.17) is 16.3 Å². The van der Waals surface area contributed by atoms with E-state index in [1.807, 2.05) is 0 Å². The lowest BCUT2D eigenvalue weighted by molar-refractivity contribution is 0.102. The van der Waals surface area contributed by atoms with E-state index >= 15 is 0 Å². The van der Waals surface area contributed by atoms with Crippen LogP contribution in [0.3, 0.4) is 0 Å². The van der Waals surface area contributed by atoms with Gasteiger partial charge in [0, 0.05) is 22.3 Å². The van der Waals surface area contributed by atoms with Gasteiger partial charge in [0.15, 0.2) is 5.13 Å². The molecular formula is C19H16ClN3O3S. The van der Waals surface area contributed by atoms with E-state index in [2.05, 4.69) is 15.6 Å². The number of anilines is 2. The Kier molecular flexibility index (Phi) is 5.73. The van der Waals surface area contributed by atoms with Crippen LogP contribution in [-0.2, 0) is 0 Å². The highest BCUT2D eigenvalue weighted by Crippen LogP contribution is 2.25. The van der Waals surface area contributed by atoms with Crippen molar-refractivity contribution in [3.05, 3.63) is 69.7 Å². The Balaban J connectivity index is 1.72. The smallest absolute Gasteiger partial charge is 0.267 e. The van der Waals surface area contributed by atoms with Crippen LogP contribution in [0.15, 0.2) is 48.5 Å². The van der Waals surface area contributed by atoms with E-state index < -0.39 is 0 Å². The van der Waals surface area contributed by atoms with E-state index in [-0.39, 0.29) is 11.8 Å². The van der Waals surface area contributed by atoms with Crippen molar-refractivity contribution in [1.82, 2.24) is 4.98 Å². The maximum Gasteiger partial charge on any atom is 0.267 e. The van der Waals surface area contributed by atoms with Gasteiger partial charge in [0.1, 0.15) is 10.6 Å². The number of carbonyl (C=O) groups excluding carboxylic acids is 2. The summed E-state index contributed by atoms with van der Waals surface area (Å²) in [6, 6.07) is 13.6. The van der Waals surface area contributed by atoms with Gasteiger partial charge in [0.2, 0.25) is 0 Å². The number of hydrogen-bond donors (Lipinski definition) is 2. The fourth-order valence-electron chi connectivity index (χ4n) is 2.32. The largest absolute Gasteiger partial charge is 0.497 e. The third kappa shape index (κ3) is 4.64. The summed E-state index contributed by atoms with van der Waals surface area (Å²) in [6.07, 6.45) is 0. The summed E-state index contributed by atoms with van der Waals surface area (Å²) < 4.78 is 5.15. The number of carbonyl (C=O) groups is 2. The highest BCUT2D eigenvalue weighted by Gasteiger charge is 2.17. The third-order valence-corrected chi connectivity index (χ3v) is 4.98. The molecule has 138 valence electrons. The molecule has 2 aromatic carbocycles. The van der Waals surface area contributed by atoms with Gasteiger partial charge in [0.05, 0.1) is 12.8 Å². The molecule has 0 spiro atoms. The quantitative estimate of drug-likeness (QED) is 0.653. The lowest BCUT2D eigenvalue weighted by atomic mass is 10.2.